The molecule has 4 heteroatoms. The molecule has 122 valence electrons. The van der Waals surface area contributed by atoms with Gasteiger partial charge < -0.3 is 9.47 Å². The van der Waals surface area contributed by atoms with Gasteiger partial charge in [0.15, 0.2) is 0 Å². The average Bonchev–Trinajstić information content (AvgIpc) is 2.97. The Kier molecular flexibility index (Phi) is 4.51. The molecule has 0 aliphatic heterocycles. The Hall–Kier alpha value is -2.28. The van der Waals surface area contributed by atoms with Gasteiger partial charge in [-0.1, -0.05) is 38.0 Å². The number of rotatable bonds is 2. The van der Waals surface area contributed by atoms with Crippen molar-refractivity contribution in [2.75, 3.05) is 0 Å². The van der Waals surface area contributed by atoms with Crippen LogP contribution in [0.3, 0.4) is 0 Å². The van der Waals surface area contributed by atoms with Crippen LogP contribution in [0.15, 0.2) is 30.3 Å². The number of ether oxygens (including phenoxy) is 2. The van der Waals surface area contributed by atoms with Crippen molar-refractivity contribution in [2.45, 2.75) is 40.2 Å². The third-order valence-corrected chi connectivity index (χ3v) is 3.77. The van der Waals surface area contributed by atoms with Gasteiger partial charge in [0.2, 0.25) is 0 Å². The standard InChI is InChI=1S/C19H22O4/c1-18(2,3)23-17(21)16-14(19(16,4)5)11-12-15(20)22-13-9-7-6-8-10-13/h6-10,14,16H,1-5H3/t14-,16-/m0/s1. The number of hydrogen-bond acceptors (Lipinski definition) is 4. The molecule has 1 aliphatic rings. The van der Waals surface area contributed by atoms with Crippen LogP contribution in [0.1, 0.15) is 34.6 Å². The van der Waals surface area contributed by atoms with Gasteiger partial charge in [-0.2, -0.15) is 0 Å². The molecule has 0 aromatic heterocycles. The Morgan fingerprint density at radius 2 is 1.74 bits per heavy atom. The zero-order valence-electron chi connectivity index (χ0n) is 14.2. The zero-order chi connectivity index (χ0) is 17.3. The molecule has 1 aliphatic carbocycles. The van der Waals surface area contributed by atoms with Crippen LogP contribution in [0.25, 0.3) is 0 Å². The Bertz CT molecular complexity index is 656. The van der Waals surface area contributed by atoms with Crippen molar-refractivity contribution in [2.24, 2.45) is 17.3 Å². The minimum Gasteiger partial charge on any atom is -0.460 e. The van der Waals surface area contributed by atoms with Crippen molar-refractivity contribution >= 4 is 11.9 Å². The van der Waals surface area contributed by atoms with E-state index in [1.54, 1.807) is 24.3 Å². The predicted molar refractivity (Wildman–Crippen MR) is 86.5 cm³/mol. The molecule has 0 unspecified atom stereocenters. The molecule has 2 rings (SSSR count). The van der Waals surface area contributed by atoms with E-state index in [9.17, 15) is 9.59 Å². The largest absolute Gasteiger partial charge is 0.460 e. The summed E-state index contributed by atoms with van der Waals surface area (Å²) in [6.07, 6.45) is 0. The van der Waals surface area contributed by atoms with Crippen LogP contribution in [0, 0.1) is 29.1 Å². The van der Waals surface area contributed by atoms with Crippen LogP contribution in [0.5, 0.6) is 5.75 Å². The number of carbonyl (C=O) groups excluding carboxylic acids is 2. The summed E-state index contributed by atoms with van der Waals surface area (Å²) in [6, 6.07) is 8.76. The molecule has 4 nitrogen and oxygen atoms in total. The fourth-order valence-corrected chi connectivity index (χ4v) is 2.47. The lowest BCUT2D eigenvalue weighted by Gasteiger charge is -2.19. The van der Waals surface area contributed by atoms with E-state index in [4.69, 9.17) is 9.47 Å². The first-order chi connectivity index (χ1) is 10.6. The maximum Gasteiger partial charge on any atom is 0.389 e. The summed E-state index contributed by atoms with van der Waals surface area (Å²) in [4.78, 5) is 23.9. The Balaban J connectivity index is 1.98. The first-order valence-electron chi connectivity index (χ1n) is 7.62. The summed E-state index contributed by atoms with van der Waals surface area (Å²) < 4.78 is 10.5. The van der Waals surface area contributed by atoms with Gasteiger partial charge in [-0.25, -0.2) is 4.79 Å². The highest BCUT2D eigenvalue weighted by Crippen LogP contribution is 2.58. The number of carbonyl (C=O) groups is 2. The molecule has 0 amide bonds. The van der Waals surface area contributed by atoms with Crippen LogP contribution < -0.4 is 4.74 Å². The first-order valence-corrected chi connectivity index (χ1v) is 7.62. The summed E-state index contributed by atoms with van der Waals surface area (Å²) in [5, 5.41) is 0. The normalized spacial score (nSPS) is 21.6. The molecule has 1 aromatic carbocycles. The topological polar surface area (TPSA) is 52.6 Å². The molecule has 0 radical (unpaired) electrons. The molecule has 0 N–H and O–H groups in total. The van der Waals surface area contributed by atoms with Gasteiger partial charge in [0, 0.05) is 11.8 Å². The fourth-order valence-electron chi connectivity index (χ4n) is 2.47. The lowest BCUT2D eigenvalue weighted by atomic mass is 10.1. The van der Waals surface area contributed by atoms with Crippen molar-refractivity contribution in [3.8, 4) is 17.6 Å². The predicted octanol–water partition coefficient (Wildman–Crippen LogP) is 3.21. The van der Waals surface area contributed by atoms with Crippen molar-refractivity contribution in [1.82, 2.24) is 0 Å². The molecule has 0 saturated heterocycles. The molecule has 23 heavy (non-hydrogen) atoms. The van der Waals surface area contributed by atoms with Crippen molar-refractivity contribution in [3.63, 3.8) is 0 Å². The summed E-state index contributed by atoms with van der Waals surface area (Å²) in [6.45, 7) is 9.39. The second kappa shape index (κ2) is 6.08. The van der Waals surface area contributed by atoms with Gasteiger partial charge in [0.05, 0.1) is 5.92 Å². The molecular formula is C19H22O4. The van der Waals surface area contributed by atoms with E-state index in [1.165, 1.54) is 0 Å². The van der Waals surface area contributed by atoms with Gasteiger partial charge in [-0.3, -0.25) is 4.79 Å². The Morgan fingerprint density at radius 1 is 1.13 bits per heavy atom. The lowest BCUT2D eigenvalue weighted by Crippen LogP contribution is -2.26. The highest BCUT2D eigenvalue weighted by molar-refractivity contribution is 5.90. The lowest BCUT2D eigenvalue weighted by molar-refractivity contribution is -0.157. The molecule has 2 atom stereocenters. The second-order valence-electron chi connectivity index (χ2n) is 7.28. The number of hydrogen-bond donors (Lipinski definition) is 0. The summed E-state index contributed by atoms with van der Waals surface area (Å²) in [5.41, 5.74) is -0.817. The molecule has 0 bridgehead atoms. The third-order valence-electron chi connectivity index (χ3n) is 3.77. The molecule has 1 saturated carbocycles. The van der Waals surface area contributed by atoms with E-state index in [2.05, 4.69) is 11.8 Å². The summed E-state index contributed by atoms with van der Waals surface area (Å²) in [5.74, 6) is 4.40. The fraction of sp³-hybridized carbons (Fsp3) is 0.474. The van der Waals surface area contributed by atoms with E-state index < -0.39 is 11.6 Å². The van der Waals surface area contributed by atoms with E-state index in [0.29, 0.717) is 5.75 Å². The molecule has 0 heterocycles. The summed E-state index contributed by atoms with van der Waals surface area (Å²) >= 11 is 0. The monoisotopic (exact) mass is 314 g/mol. The van der Waals surface area contributed by atoms with Gasteiger partial charge in [0.25, 0.3) is 0 Å². The van der Waals surface area contributed by atoms with Gasteiger partial charge in [-0.05, 0) is 38.3 Å². The van der Waals surface area contributed by atoms with Gasteiger partial charge >= 0.3 is 11.9 Å². The van der Waals surface area contributed by atoms with E-state index in [1.807, 2.05) is 40.7 Å². The van der Waals surface area contributed by atoms with Crippen LogP contribution in [-0.2, 0) is 14.3 Å². The van der Waals surface area contributed by atoms with Crippen molar-refractivity contribution in [1.29, 1.82) is 0 Å². The molecule has 1 fully saturated rings. The SMILES string of the molecule is CC(C)(C)OC(=O)[C@@H]1[C@H](C#CC(=O)Oc2ccccc2)C1(C)C. The highest BCUT2D eigenvalue weighted by atomic mass is 16.6. The third kappa shape index (κ3) is 4.35. The second-order valence-corrected chi connectivity index (χ2v) is 7.28. The maximum atomic E-state index is 12.2. The molecular weight excluding hydrogens is 292 g/mol. The summed E-state index contributed by atoms with van der Waals surface area (Å²) in [7, 11) is 0. The number of esters is 2. The quantitative estimate of drug-likeness (QED) is 0.364. The van der Waals surface area contributed by atoms with E-state index in [-0.39, 0.29) is 23.2 Å². The van der Waals surface area contributed by atoms with Gasteiger partial charge in [0.1, 0.15) is 11.4 Å². The average molecular weight is 314 g/mol. The smallest absolute Gasteiger partial charge is 0.389 e. The van der Waals surface area contributed by atoms with Crippen molar-refractivity contribution in [3.05, 3.63) is 30.3 Å². The first kappa shape index (κ1) is 17.1. The van der Waals surface area contributed by atoms with E-state index >= 15 is 0 Å². The Morgan fingerprint density at radius 3 is 2.30 bits per heavy atom. The Labute approximate surface area is 137 Å². The minimum absolute atomic E-state index is 0.194. The highest BCUT2D eigenvalue weighted by Gasteiger charge is 2.62. The van der Waals surface area contributed by atoms with Crippen LogP contribution in [0.4, 0.5) is 0 Å². The maximum absolute atomic E-state index is 12.2. The van der Waals surface area contributed by atoms with Crippen LogP contribution >= 0.6 is 0 Å². The van der Waals surface area contributed by atoms with E-state index in [0.717, 1.165) is 0 Å². The van der Waals surface area contributed by atoms with Crippen LogP contribution in [0.2, 0.25) is 0 Å². The molecule has 1 aromatic rings. The minimum atomic E-state index is -0.623. The molecule has 0 spiro atoms. The van der Waals surface area contributed by atoms with Crippen molar-refractivity contribution < 1.29 is 19.1 Å². The van der Waals surface area contributed by atoms with Gasteiger partial charge in [-0.15, -0.1) is 0 Å². The van der Waals surface area contributed by atoms with Crippen LogP contribution in [-0.4, -0.2) is 17.5 Å². The number of benzene rings is 1. The number of para-hydroxylation sites is 1. The zero-order valence-corrected chi connectivity index (χ0v) is 14.2.